The third kappa shape index (κ3) is 6.18. The lowest BCUT2D eigenvalue weighted by atomic mass is 9.96. The first-order valence-electron chi connectivity index (χ1n) is 10.5. The van der Waals surface area contributed by atoms with E-state index >= 15 is 0 Å². The van der Waals surface area contributed by atoms with E-state index < -0.39 is 0 Å². The number of aliphatic hydroxyl groups excluding tert-OH is 1. The zero-order chi connectivity index (χ0) is 19.2. The van der Waals surface area contributed by atoms with E-state index in [0.717, 1.165) is 45.0 Å². The SMILES string of the molecule is CC(C)Oc1cccc(CN2C[C@@H](CN3CCCN(C)CC3)[C@@H](CO)C2)c1. The molecule has 5 nitrogen and oxygen atoms in total. The van der Waals surface area contributed by atoms with Gasteiger partial charge in [-0.1, -0.05) is 12.1 Å². The van der Waals surface area contributed by atoms with Gasteiger partial charge in [0.25, 0.3) is 0 Å². The van der Waals surface area contributed by atoms with Crippen LogP contribution < -0.4 is 4.74 Å². The predicted molar refractivity (Wildman–Crippen MR) is 110 cm³/mol. The molecule has 2 aliphatic rings. The first-order chi connectivity index (χ1) is 13.0. The molecule has 2 atom stereocenters. The molecule has 0 amide bonds. The molecule has 0 radical (unpaired) electrons. The number of likely N-dealkylation sites (N-methyl/N-ethyl adjacent to an activating group) is 1. The summed E-state index contributed by atoms with van der Waals surface area (Å²) in [6.07, 6.45) is 1.45. The van der Waals surface area contributed by atoms with Crippen molar-refractivity contribution in [1.29, 1.82) is 0 Å². The molecule has 3 rings (SSSR count). The van der Waals surface area contributed by atoms with Crippen LogP contribution in [0.1, 0.15) is 25.8 Å². The summed E-state index contributed by atoms with van der Waals surface area (Å²) in [5.41, 5.74) is 1.29. The maximum atomic E-state index is 9.92. The minimum Gasteiger partial charge on any atom is -0.491 e. The molecule has 2 fully saturated rings. The lowest BCUT2D eigenvalue weighted by molar-refractivity contribution is 0.165. The molecule has 0 unspecified atom stereocenters. The van der Waals surface area contributed by atoms with Crippen LogP contribution in [0, 0.1) is 11.8 Å². The highest BCUT2D eigenvalue weighted by atomic mass is 16.5. The van der Waals surface area contributed by atoms with Crippen LogP contribution in [0.25, 0.3) is 0 Å². The fraction of sp³-hybridized carbons (Fsp3) is 0.727. The molecule has 2 saturated heterocycles. The van der Waals surface area contributed by atoms with Gasteiger partial charge in [-0.15, -0.1) is 0 Å². The average Bonchev–Trinajstić information content (AvgIpc) is 2.88. The van der Waals surface area contributed by atoms with Crippen molar-refractivity contribution in [1.82, 2.24) is 14.7 Å². The summed E-state index contributed by atoms with van der Waals surface area (Å²) in [7, 11) is 2.22. The van der Waals surface area contributed by atoms with E-state index in [1.54, 1.807) is 0 Å². The van der Waals surface area contributed by atoms with Gasteiger partial charge in [0, 0.05) is 45.9 Å². The number of aliphatic hydroxyl groups is 1. The number of nitrogens with zero attached hydrogens (tertiary/aromatic N) is 3. The molecular weight excluding hydrogens is 338 g/mol. The maximum absolute atomic E-state index is 9.92. The number of ether oxygens (including phenoxy) is 1. The molecule has 0 spiro atoms. The van der Waals surface area contributed by atoms with Gasteiger partial charge in [0.15, 0.2) is 0 Å². The van der Waals surface area contributed by atoms with Crippen LogP contribution in [0.5, 0.6) is 5.75 Å². The van der Waals surface area contributed by atoms with Gasteiger partial charge in [-0.3, -0.25) is 4.90 Å². The van der Waals surface area contributed by atoms with Crippen LogP contribution in [0.3, 0.4) is 0 Å². The molecule has 2 aliphatic heterocycles. The lowest BCUT2D eigenvalue weighted by Crippen LogP contribution is -2.36. The molecule has 152 valence electrons. The van der Waals surface area contributed by atoms with Gasteiger partial charge in [-0.25, -0.2) is 0 Å². The molecule has 1 aromatic rings. The lowest BCUT2D eigenvalue weighted by Gasteiger charge is -2.26. The Balaban J connectivity index is 1.56. The summed E-state index contributed by atoms with van der Waals surface area (Å²) in [4.78, 5) is 7.54. The third-order valence-corrected chi connectivity index (χ3v) is 5.87. The highest BCUT2D eigenvalue weighted by molar-refractivity contribution is 5.28. The van der Waals surface area contributed by atoms with E-state index in [0.29, 0.717) is 18.4 Å². The van der Waals surface area contributed by atoms with Crippen LogP contribution in [0.4, 0.5) is 0 Å². The van der Waals surface area contributed by atoms with Crippen molar-refractivity contribution in [2.24, 2.45) is 11.8 Å². The van der Waals surface area contributed by atoms with E-state index in [1.807, 2.05) is 6.07 Å². The smallest absolute Gasteiger partial charge is 0.120 e. The van der Waals surface area contributed by atoms with Gasteiger partial charge >= 0.3 is 0 Å². The Hall–Kier alpha value is -1.14. The minimum absolute atomic E-state index is 0.197. The Kier molecular flexibility index (Phi) is 7.53. The second-order valence-electron chi connectivity index (χ2n) is 8.67. The first kappa shape index (κ1) is 20.6. The van der Waals surface area contributed by atoms with Gasteiger partial charge in [-0.05, 0) is 69.9 Å². The highest BCUT2D eigenvalue weighted by Crippen LogP contribution is 2.27. The van der Waals surface area contributed by atoms with Crippen LogP contribution in [0.2, 0.25) is 0 Å². The summed E-state index contributed by atoms with van der Waals surface area (Å²) in [5, 5.41) is 9.92. The predicted octanol–water partition coefficient (Wildman–Crippen LogP) is 2.15. The molecule has 0 aliphatic carbocycles. The van der Waals surface area contributed by atoms with Crippen LogP contribution in [-0.4, -0.2) is 85.4 Å². The van der Waals surface area contributed by atoms with Crippen molar-refractivity contribution in [2.75, 3.05) is 59.5 Å². The Morgan fingerprint density at radius 1 is 1.07 bits per heavy atom. The van der Waals surface area contributed by atoms with Crippen molar-refractivity contribution in [3.63, 3.8) is 0 Å². The van der Waals surface area contributed by atoms with Gasteiger partial charge in [0.1, 0.15) is 5.75 Å². The van der Waals surface area contributed by atoms with Crippen LogP contribution in [0.15, 0.2) is 24.3 Å². The topological polar surface area (TPSA) is 39.2 Å². The van der Waals surface area contributed by atoms with E-state index in [1.165, 1.54) is 25.1 Å². The highest BCUT2D eigenvalue weighted by Gasteiger charge is 2.33. The molecule has 0 aromatic heterocycles. The maximum Gasteiger partial charge on any atom is 0.120 e. The van der Waals surface area contributed by atoms with Crippen molar-refractivity contribution in [3.8, 4) is 5.75 Å². The average molecular weight is 376 g/mol. The quantitative estimate of drug-likeness (QED) is 0.791. The molecule has 27 heavy (non-hydrogen) atoms. The Morgan fingerprint density at radius 3 is 2.67 bits per heavy atom. The van der Waals surface area contributed by atoms with Gasteiger partial charge in [0.05, 0.1) is 6.10 Å². The standard InChI is InChI=1S/C22H37N3O2/c1-18(2)27-22-7-4-6-19(12-22)13-25-15-20(21(16-25)17-26)14-24-9-5-8-23(3)10-11-24/h4,6-7,12,18,20-21,26H,5,8-11,13-17H2,1-3H3/t20-,21-/m1/s1. The Morgan fingerprint density at radius 2 is 1.89 bits per heavy atom. The number of hydrogen-bond acceptors (Lipinski definition) is 5. The van der Waals surface area contributed by atoms with E-state index in [4.69, 9.17) is 4.74 Å². The summed E-state index contributed by atoms with van der Waals surface area (Å²) in [6.45, 7) is 13.2. The first-order valence-corrected chi connectivity index (χ1v) is 10.5. The second kappa shape index (κ2) is 9.87. The number of likely N-dealkylation sites (tertiary alicyclic amines) is 1. The van der Waals surface area contributed by atoms with E-state index in [9.17, 15) is 5.11 Å². The zero-order valence-corrected chi connectivity index (χ0v) is 17.3. The summed E-state index contributed by atoms with van der Waals surface area (Å²) >= 11 is 0. The van der Waals surface area contributed by atoms with Crippen molar-refractivity contribution >= 4 is 0 Å². The summed E-state index contributed by atoms with van der Waals surface area (Å²) < 4.78 is 5.83. The fourth-order valence-corrected chi connectivity index (χ4v) is 4.44. The van der Waals surface area contributed by atoms with Crippen molar-refractivity contribution in [2.45, 2.75) is 32.9 Å². The second-order valence-corrected chi connectivity index (χ2v) is 8.67. The van der Waals surface area contributed by atoms with Gasteiger partial charge in [0.2, 0.25) is 0 Å². The molecule has 1 aromatic carbocycles. The van der Waals surface area contributed by atoms with Gasteiger partial charge < -0.3 is 19.6 Å². The van der Waals surface area contributed by atoms with Crippen LogP contribution >= 0.6 is 0 Å². The molecule has 0 saturated carbocycles. The molecular formula is C22H37N3O2. The zero-order valence-electron chi connectivity index (χ0n) is 17.3. The monoisotopic (exact) mass is 375 g/mol. The molecule has 5 heteroatoms. The molecule has 1 N–H and O–H groups in total. The Labute approximate surface area is 164 Å². The summed E-state index contributed by atoms with van der Waals surface area (Å²) in [5.74, 6) is 1.90. The number of benzene rings is 1. The Bertz CT molecular complexity index is 580. The normalized spacial score (nSPS) is 25.8. The number of hydrogen-bond donors (Lipinski definition) is 1. The van der Waals surface area contributed by atoms with Crippen molar-refractivity contribution in [3.05, 3.63) is 29.8 Å². The van der Waals surface area contributed by atoms with Crippen LogP contribution in [-0.2, 0) is 6.54 Å². The number of rotatable bonds is 7. The van der Waals surface area contributed by atoms with Crippen molar-refractivity contribution < 1.29 is 9.84 Å². The minimum atomic E-state index is 0.197. The largest absolute Gasteiger partial charge is 0.491 e. The summed E-state index contributed by atoms with van der Waals surface area (Å²) in [6, 6.07) is 8.45. The third-order valence-electron chi connectivity index (χ3n) is 5.87. The molecule has 0 bridgehead atoms. The van der Waals surface area contributed by atoms with Gasteiger partial charge in [-0.2, -0.15) is 0 Å². The fourth-order valence-electron chi connectivity index (χ4n) is 4.44. The van der Waals surface area contributed by atoms with E-state index in [-0.39, 0.29) is 6.10 Å². The van der Waals surface area contributed by atoms with E-state index in [2.05, 4.69) is 53.8 Å². The molecule has 2 heterocycles.